The Hall–Kier alpha value is -0.430. The molecule has 0 aromatic heterocycles. The van der Waals surface area contributed by atoms with Gasteiger partial charge in [-0.3, -0.25) is 0 Å². The van der Waals surface area contributed by atoms with Gasteiger partial charge in [-0.2, -0.15) is 13.2 Å². The van der Waals surface area contributed by atoms with E-state index in [2.05, 4.69) is 15.9 Å². The van der Waals surface area contributed by atoms with Gasteiger partial charge < -0.3 is 5.11 Å². The van der Waals surface area contributed by atoms with Crippen molar-refractivity contribution in [3.8, 4) is 5.75 Å². The normalized spacial score (nSPS) is 11.8. The molecule has 1 N–H and O–H groups in total. The summed E-state index contributed by atoms with van der Waals surface area (Å²) in [6, 6.07) is 1.86. The summed E-state index contributed by atoms with van der Waals surface area (Å²) in [5, 5.41) is 8.83. The molecule has 0 spiro atoms. The molecule has 78 valence electrons. The highest BCUT2D eigenvalue weighted by Crippen LogP contribution is 2.42. The Labute approximate surface area is 89.2 Å². The molecule has 1 aromatic carbocycles. The van der Waals surface area contributed by atoms with E-state index in [4.69, 9.17) is 5.11 Å². The molecule has 0 saturated carbocycles. The first-order valence-electron chi connectivity index (χ1n) is 3.24. The van der Waals surface area contributed by atoms with Crippen LogP contribution in [0.1, 0.15) is 0 Å². The van der Waals surface area contributed by atoms with Gasteiger partial charge in [0.2, 0.25) is 0 Å². The van der Waals surface area contributed by atoms with E-state index in [0.717, 1.165) is 12.1 Å². The van der Waals surface area contributed by atoms with Crippen LogP contribution in [0.3, 0.4) is 0 Å². The lowest BCUT2D eigenvalue weighted by molar-refractivity contribution is -0.0328. The molecular weight excluding hydrogens is 288 g/mol. The third-order valence-corrected chi connectivity index (χ3v) is 3.08. The first-order valence-corrected chi connectivity index (χ1v) is 4.85. The summed E-state index contributed by atoms with van der Waals surface area (Å²) >= 11 is 2.18. The van der Waals surface area contributed by atoms with Gasteiger partial charge in [-0.05, 0) is 39.8 Å². The Morgan fingerprint density at radius 1 is 1.29 bits per heavy atom. The van der Waals surface area contributed by atoms with Gasteiger partial charge in [0.15, 0.2) is 11.6 Å². The second-order valence-corrected chi connectivity index (χ2v) is 4.16. The smallest absolute Gasteiger partial charge is 0.446 e. The highest BCUT2D eigenvalue weighted by Gasteiger charge is 2.31. The van der Waals surface area contributed by atoms with E-state index in [0.29, 0.717) is 0 Å². The third kappa shape index (κ3) is 2.78. The van der Waals surface area contributed by atoms with Crippen LogP contribution in [0.15, 0.2) is 21.5 Å². The zero-order valence-electron chi connectivity index (χ0n) is 6.40. The Morgan fingerprint density at radius 2 is 1.86 bits per heavy atom. The molecule has 14 heavy (non-hydrogen) atoms. The van der Waals surface area contributed by atoms with Gasteiger partial charge >= 0.3 is 5.51 Å². The summed E-state index contributed by atoms with van der Waals surface area (Å²) in [7, 11) is 0. The van der Waals surface area contributed by atoms with E-state index in [1.165, 1.54) is 0 Å². The standard InChI is InChI=1S/C7H3BrF4OS/c8-5-4(14-7(10,11)12)2-1-3(13)6(5)9/h1-2,13H. The minimum Gasteiger partial charge on any atom is -0.505 e. The van der Waals surface area contributed by atoms with Crippen molar-refractivity contribution in [2.45, 2.75) is 10.4 Å². The molecule has 0 unspecified atom stereocenters. The summed E-state index contributed by atoms with van der Waals surface area (Å²) in [5.41, 5.74) is -4.48. The summed E-state index contributed by atoms with van der Waals surface area (Å²) in [6.45, 7) is 0. The van der Waals surface area contributed by atoms with Crippen LogP contribution in [0.4, 0.5) is 17.6 Å². The highest BCUT2D eigenvalue weighted by molar-refractivity contribution is 9.10. The van der Waals surface area contributed by atoms with Gasteiger partial charge in [0.25, 0.3) is 0 Å². The molecule has 0 radical (unpaired) electrons. The van der Waals surface area contributed by atoms with Gasteiger partial charge in [0.1, 0.15) is 0 Å². The van der Waals surface area contributed by atoms with E-state index in [9.17, 15) is 17.6 Å². The maximum atomic E-state index is 12.9. The van der Waals surface area contributed by atoms with E-state index in [1.54, 1.807) is 0 Å². The summed E-state index contributed by atoms with van der Waals surface area (Å²) < 4.78 is 48.2. The highest BCUT2D eigenvalue weighted by atomic mass is 79.9. The molecule has 0 aliphatic carbocycles. The van der Waals surface area contributed by atoms with Gasteiger partial charge in [0.05, 0.1) is 4.47 Å². The Bertz CT molecular complexity index is 352. The number of rotatable bonds is 1. The summed E-state index contributed by atoms with van der Waals surface area (Å²) in [4.78, 5) is -0.326. The molecule has 0 aliphatic rings. The Morgan fingerprint density at radius 3 is 2.36 bits per heavy atom. The molecule has 0 fully saturated rings. The van der Waals surface area contributed by atoms with E-state index < -0.39 is 28.8 Å². The average molecular weight is 291 g/mol. The van der Waals surface area contributed by atoms with E-state index in [-0.39, 0.29) is 9.37 Å². The van der Waals surface area contributed by atoms with Crippen LogP contribution in [0.5, 0.6) is 5.75 Å². The first-order chi connectivity index (χ1) is 6.31. The number of hydrogen-bond acceptors (Lipinski definition) is 2. The van der Waals surface area contributed by atoms with Crippen molar-refractivity contribution in [3.05, 3.63) is 22.4 Å². The van der Waals surface area contributed by atoms with Gasteiger partial charge in [-0.25, -0.2) is 4.39 Å². The minimum atomic E-state index is -4.48. The predicted molar refractivity (Wildman–Crippen MR) is 47.7 cm³/mol. The molecule has 0 saturated heterocycles. The molecule has 0 heterocycles. The average Bonchev–Trinajstić information content (AvgIpc) is 2.04. The molecule has 0 bridgehead atoms. The van der Waals surface area contributed by atoms with Gasteiger partial charge in [-0.1, -0.05) is 0 Å². The van der Waals surface area contributed by atoms with Gasteiger partial charge in [0, 0.05) is 4.90 Å². The Balaban J connectivity index is 3.06. The topological polar surface area (TPSA) is 20.2 Å². The summed E-state index contributed by atoms with van der Waals surface area (Å²) in [6.07, 6.45) is 0. The molecule has 1 rings (SSSR count). The molecule has 0 aliphatic heterocycles. The van der Waals surface area contributed by atoms with Crippen LogP contribution in [0.25, 0.3) is 0 Å². The maximum Gasteiger partial charge on any atom is 0.446 e. The fourth-order valence-corrected chi connectivity index (χ4v) is 1.87. The number of alkyl halides is 3. The van der Waals surface area contributed by atoms with Crippen molar-refractivity contribution in [2.24, 2.45) is 0 Å². The number of aromatic hydroxyl groups is 1. The monoisotopic (exact) mass is 290 g/mol. The van der Waals surface area contributed by atoms with Crippen LogP contribution >= 0.6 is 27.7 Å². The minimum absolute atomic E-state index is 0.326. The lowest BCUT2D eigenvalue weighted by atomic mass is 10.3. The lowest BCUT2D eigenvalue weighted by Gasteiger charge is -2.08. The second-order valence-electron chi connectivity index (χ2n) is 2.26. The van der Waals surface area contributed by atoms with Crippen molar-refractivity contribution in [1.29, 1.82) is 0 Å². The number of thioether (sulfide) groups is 1. The van der Waals surface area contributed by atoms with Crippen molar-refractivity contribution in [2.75, 3.05) is 0 Å². The fourth-order valence-electron chi connectivity index (χ4n) is 0.725. The van der Waals surface area contributed by atoms with E-state index >= 15 is 0 Å². The van der Waals surface area contributed by atoms with E-state index in [1.807, 2.05) is 0 Å². The molecule has 0 atom stereocenters. The molecular formula is C7H3BrF4OS. The molecule has 7 heteroatoms. The zero-order valence-corrected chi connectivity index (χ0v) is 8.80. The Kier molecular flexibility index (Phi) is 3.31. The number of hydrogen-bond donors (Lipinski definition) is 1. The van der Waals surface area contributed by atoms with Crippen molar-refractivity contribution >= 4 is 27.7 Å². The first kappa shape index (κ1) is 11.6. The van der Waals surface area contributed by atoms with Crippen molar-refractivity contribution < 1.29 is 22.7 Å². The molecule has 1 nitrogen and oxygen atoms in total. The molecule has 1 aromatic rings. The zero-order chi connectivity index (χ0) is 10.9. The second kappa shape index (κ2) is 3.98. The van der Waals surface area contributed by atoms with Crippen molar-refractivity contribution in [1.82, 2.24) is 0 Å². The van der Waals surface area contributed by atoms with Gasteiger partial charge in [-0.15, -0.1) is 0 Å². The van der Waals surface area contributed by atoms with Crippen LogP contribution in [-0.4, -0.2) is 10.6 Å². The number of phenols is 1. The SMILES string of the molecule is Oc1ccc(SC(F)(F)F)c(Br)c1F. The van der Waals surface area contributed by atoms with Crippen LogP contribution in [0, 0.1) is 5.82 Å². The number of halogens is 5. The lowest BCUT2D eigenvalue weighted by Crippen LogP contribution is -1.99. The quantitative estimate of drug-likeness (QED) is 0.625. The van der Waals surface area contributed by atoms with Crippen LogP contribution < -0.4 is 0 Å². The number of phenolic OH excluding ortho intramolecular Hbond substituents is 1. The third-order valence-electron chi connectivity index (χ3n) is 1.25. The number of benzene rings is 1. The maximum absolute atomic E-state index is 12.9. The van der Waals surface area contributed by atoms with Crippen LogP contribution in [-0.2, 0) is 0 Å². The van der Waals surface area contributed by atoms with Crippen LogP contribution in [0.2, 0.25) is 0 Å². The summed E-state index contributed by atoms with van der Waals surface area (Å²) in [5.74, 6) is -1.79. The fraction of sp³-hybridized carbons (Fsp3) is 0.143. The molecule has 0 amide bonds. The largest absolute Gasteiger partial charge is 0.505 e. The predicted octanol–water partition coefficient (Wildman–Crippen LogP) is 3.91. The van der Waals surface area contributed by atoms with Crippen molar-refractivity contribution in [3.63, 3.8) is 0 Å².